The van der Waals surface area contributed by atoms with E-state index in [-0.39, 0.29) is 24.3 Å². The number of allylic oxidation sites excluding steroid dienone is 2. The number of ether oxygens (including phenoxy) is 2. The molecule has 2 N–H and O–H groups in total. The first kappa shape index (κ1) is 28.9. The predicted molar refractivity (Wildman–Crippen MR) is 142 cm³/mol. The second-order valence-electron chi connectivity index (χ2n) is 8.83. The molecule has 1 atom stereocenters. The number of nitrogens with one attached hydrogen (secondary N) is 1. The summed E-state index contributed by atoms with van der Waals surface area (Å²) in [5.74, 6) is -0.394. The Hall–Kier alpha value is -1.65. The maximum atomic E-state index is 12.6. The van der Waals surface area contributed by atoms with Crippen molar-refractivity contribution < 1.29 is 29.0 Å². The summed E-state index contributed by atoms with van der Waals surface area (Å²) >= 11 is 19.2. The number of cyclic esters (lactones) is 1. The Kier molecular flexibility index (Phi) is 9.85. The Morgan fingerprint density at radius 1 is 1.36 bits per heavy atom. The van der Waals surface area contributed by atoms with Crippen molar-refractivity contribution >= 4 is 70.1 Å². The monoisotopic (exact) mass is 578 g/mol. The first-order chi connectivity index (χ1) is 16.9. The average Bonchev–Trinajstić information content (AvgIpc) is 3.46. The van der Waals surface area contributed by atoms with Gasteiger partial charge in [-0.2, -0.15) is 0 Å². The van der Waals surface area contributed by atoms with Gasteiger partial charge in [-0.15, -0.1) is 11.8 Å². The lowest BCUT2D eigenvalue weighted by atomic mass is 9.92. The Labute approximate surface area is 229 Å². The van der Waals surface area contributed by atoms with Crippen LogP contribution in [0.3, 0.4) is 0 Å². The van der Waals surface area contributed by atoms with Crippen LogP contribution < -0.4 is 10.1 Å². The Morgan fingerprint density at radius 2 is 2.08 bits per heavy atom. The topological polar surface area (TPSA) is 105 Å². The summed E-state index contributed by atoms with van der Waals surface area (Å²) in [5.41, 5.74) is 3.03. The molecule has 36 heavy (non-hydrogen) atoms. The number of rotatable bonds is 10. The minimum absolute atomic E-state index is 0.0396. The van der Waals surface area contributed by atoms with E-state index in [1.54, 1.807) is 6.92 Å². The number of hydrogen-bond acceptors (Lipinski definition) is 7. The van der Waals surface area contributed by atoms with Crippen LogP contribution in [0.15, 0.2) is 11.6 Å². The number of benzene rings is 1. The van der Waals surface area contributed by atoms with Gasteiger partial charge in [-0.3, -0.25) is 14.5 Å². The molecule has 0 bridgehead atoms. The number of fused-ring (bicyclic) bond motifs is 1. The molecular weight excluding hydrogens is 551 g/mol. The maximum absolute atomic E-state index is 12.6. The quantitative estimate of drug-likeness (QED) is 0.228. The summed E-state index contributed by atoms with van der Waals surface area (Å²) in [5, 5.41) is 12.3. The van der Waals surface area contributed by atoms with Gasteiger partial charge in [0.25, 0.3) is 9.70 Å². The van der Waals surface area contributed by atoms with Gasteiger partial charge in [0.15, 0.2) is 0 Å². The molecule has 0 aliphatic carbocycles. The fraction of sp³-hybridized carbons (Fsp3) is 0.542. The molecule has 0 saturated carbocycles. The Bertz CT molecular complexity index is 1070. The molecule has 8 nitrogen and oxygen atoms in total. The molecule has 1 aromatic carbocycles. The third-order valence-corrected chi connectivity index (χ3v) is 7.90. The van der Waals surface area contributed by atoms with E-state index in [2.05, 4.69) is 10.2 Å². The van der Waals surface area contributed by atoms with Crippen LogP contribution in [0.1, 0.15) is 46.8 Å². The molecule has 1 saturated heterocycles. The number of anilines is 1. The van der Waals surface area contributed by atoms with E-state index < -0.39 is 27.6 Å². The molecule has 2 aliphatic heterocycles. The molecule has 2 heterocycles. The molecule has 0 radical (unpaired) electrons. The number of thioether (sulfide) groups is 1. The molecule has 0 spiro atoms. The molecule has 1 unspecified atom stereocenters. The van der Waals surface area contributed by atoms with Crippen LogP contribution >= 0.6 is 46.6 Å². The molecule has 3 rings (SSSR count). The van der Waals surface area contributed by atoms with Gasteiger partial charge in [0.1, 0.15) is 12.4 Å². The molecule has 198 valence electrons. The number of amides is 1. The van der Waals surface area contributed by atoms with Crippen molar-refractivity contribution in [2.24, 2.45) is 5.92 Å². The van der Waals surface area contributed by atoms with Gasteiger partial charge in [-0.05, 0) is 45.2 Å². The molecule has 2 aliphatic rings. The normalized spacial score (nSPS) is 17.1. The van der Waals surface area contributed by atoms with Crippen molar-refractivity contribution in [1.29, 1.82) is 0 Å². The van der Waals surface area contributed by atoms with Gasteiger partial charge in [-0.25, -0.2) is 4.79 Å². The molecular formula is C24H29Cl3N2O6S. The largest absolute Gasteiger partial charge is 0.496 e. The van der Waals surface area contributed by atoms with E-state index in [1.165, 1.54) is 7.11 Å². The Morgan fingerprint density at radius 3 is 2.67 bits per heavy atom. The number of nitrogens with zero attached hydrogens (tertiary/aromatic N) is 1. The number of carbonyl (C=O) groups is 3. The van der Waals surface area contributed by atoms with Gasteiger partial charge < -0.3 is 19.9 Å². The zero-order chi connectivity index (χ0) is 26.6. The zero-order valence-electron chi connectivity index (χ0n) is 20.3. The third kappa shape index (κ3) is 6.81. The third-order valence-electron chi connectivity index (χ3n) is 6.36. The SMILES string of the molecule is COc1c(C)c2c(c(NC(=O)C(Cl)(Cl)Cl)c1C/C=C(\C)CC(CCN1CCSC1)C(=O)O)C(=O)OC2. The van der Waals surface area contributed by atoms with Gasteiger partial charge in [0, 0.05) is 29.3 Å². The maximum Gasteiger partial charge on any atom is 0.341 e. The van der Waals surface area contributed by atoms with Gasteiger partial charge in [-0.1, -0.05) is 46.5 Å². The minimum Gasteiger partial charge on any atom is -0.496 e. The van der Waals surface area contributed by atoms with Gasteiger partial charge in [0.2, 0.25) is 0 Å². The molecule has 12 heteroatoms. The van der Waals surface area contributed by atoms with Crippen molar-refractivity contribution in [3.8, 4) is 5.75 Å². The van der Waals surface area contributed by atoms with Crippen LogP contribution in [-0.4, -0.2) is 63.5 Å². The second kappa shape index (κ2) is 12.3. The highest BCUT2D eigenvalue weighted by atomic mass is 35.6. The highest BCUT2D eigenvalue weighted by Crippen LogP contribution is 2.42. The number of carbonyl (C=O) groups excluding carboxylic acids is 2. The summed E-state index contributed by atoms with van der Waals surface area (Å²) in [7, 11) is 1.49. The van der Waals surface area contributed by atoms with E-state index in [0.29, 0.717) is 35.3 Å². The summed E-state index contributed by atoms with van der Waals surface area (Å²) in [6, 6.07) is 0. The number of alkyl halides is 3. The number of carboxylic acids is 1. The van der Waals surface area contributed by atoms with Crippen LogP contribution in [0.5, 0.6) is 5.75 Å². The van der Waals surface area contributed by atoms with Crippen molar-refractivity contribution in [3.63, 3.8) is 0 Å². The average molecular weight is 580 g/mol. The predicted octanol–water partition coefficient (Wildman–Crippen LogP) is 4.96. The van der Waals surface area contributed by atoms with Crippen molar-refractivity contribution in [2.45, 2.75) is 43.5 Å². The highest BCUT2D eigenvalue weighted by Gasteiger charge is 2.36. The van der Waals surface area contributed by atoms with Gasteiger partial charge >= 0.3 is 11.9 Å². The van der Waals surface area contributed by atoms with E-state index >= 15 is 0 Å². The number of esters is 1. The molecule has 1 fully saturated rings. The first-order valence-electron chi connectivity index (χ1n) is 11.4. The summed E-state index contributed by atoms with van der Waals surface area (Å²) in [4.78, 5) is 39.2. The Balaban J connectivity index is 1.90. The molecule has 1 amide bonds. The summed E-state index contributed by atoms with van der Waals surface area (Å²) in [6.07, 6.45) is 3.05. The van der Waals surface area contributed by atoms with E-state index in [0.717, 1.165) is 30.3 Å². The standard InChI is InChI=1S/C24H29Cl3N2O6S/c1-13(10-15(21(30)31)6-7-29-8-9-36-12-29)4-5-16-19(28-23(33)24(25,26)27)18-17(11-35-22(18)32)14(2)20(16)34-3/h4,15H,5-12H2,1-3H3,(H,28,33)(H,30,31)/b13-4+. The van der Waals surface area contributed by atoms with E-state index in [1.807, 2.05) is 24.8 Å². The number of halogens is 3. The minimum atomic E-state index is -2.25. The lowest BCUT2D eigenvalue weighted by Crippen LogP contribution is -2.28. The lowest BCUT2D eigenvalue weighted by Gasteiger charge is -2.21. The van der Waals surface area contributed by atoms with Crippen LogP contribution in [0.2, 0.25) is 0 Å². The summed E-state index contributed by atoms with van der Waals surface area (Å²) in [6.45, 7) is 5.43. The van der Waals surface area contributed by atoms with E-state index in [4.69, 9.17) is 44.3 Å². The van der Waals surface area contributed by atoms with Crippen LogP contribution in [0, 0.1) is 12.8 Å². The van der Waals surface area contributed by atoms with Crippen LogP contribution in [0.4, 0.5) is 5.69 Å². The molecule has 1 aromatic rings. The fourth-order valence-corrected chi connectivity index (χ4v) is 5.58. The number of carboxylic acid groups (broad SMARTS) is 1. The lowest BCUT2D eigenvalue weighted by molar-refractivity contribution is -0.142. The van der Waals surface area contributed by atoms with E-state index in [9.17, 15) is 19.5 Å². The smallest absolute Gasteiger partial charge is 0.341 e. The van der Waals surface area contributed by atoms with Crippen LogP contribution in [-0.2, 0) is 27.4 Å². The van der Waals surface area contributed by atoms with Crippen molar-refractivity contribution in [2.75, 3.05) is 37.1 Å². The fourth-order valence-electron chi connectivity index (χ4n) is 4.40. The second-order valence-corrected chi connectivity index (χ2v) is 12.2. The van der Waals surface area contributed by atoms with Crippen molar-refractivity contribution in [1.82, 2.24) is 4.90 Å². The summed E-state index contributed by atoms with van der Waals surface area (Å²) < 4.78 is 8.60. The first-order valence-corrected chi connectivity index (χ1v) is 13.7. The van der Waals surface area contributed by atoms with Gasteiger partial charge in [0.05, 0.1) is 24.3 Å². The number of methoxy groups -OCH3 is 1. The zero-order valence-corrected chi connectivity index (χ0v) is 23.4. The number of aliphatic carboxylic acids is 1. The van der Waals surface area contributed by atoms with Crippen molar-refractivity contribution in [3.05, 3.63) is 33.9 Å². The van der Waals surface area contributed by atoms with Crippen LogP contribution in [0.25, 0.3) is 0 Å². The highest BCUT2D eigenvalue weighted by molar-refractivity contribution is 7.99. The number of hydrogen-bond donors (Lipinski definition) is 2. The molecule has 0 aromatic heterocycles.